The van der Waals surface area contributed by atoms with Crippen LogP contribution in [0.15, 0.2) is 91.3 Å². The van der Waals surface area contributed by atoms with E-state index in [9.17, 15) is 4.79 Å². The average Bonchev–Trinajstić information content (AvgIpc) is 2.93. The van der Waals surface area contributed by atoms with Gasteiger partial charge in [0.05, 0.1) is 5.69 Å². The minimum Gasteiger partial charge on any atom is -0.368 e. The van der Waals surface area contributed by atoms with Crippen molar-refractivity contribution < 1.29 is 4.79 Å². The lowest BCUT2D eigenvalue weighted by Gasteiger charge is -2.11. The highest BCUT2D eigenvalue weighted by Gasteiger charge is 2.08. The minimum absolute atomic E-state index is 0.244. The molecule has 0 aliphatic rings. The summed E-state index contributed by atoms with van der Waals surface area (Å²) in [5.41, 5.74) is 4.09. The summed E-state index contributed by atoms with van der Waals surface area (Å²) >= 11 is 0. The van der Waals surface area contributed by atoms with E-state index in [0.29, 0.717) is 12.4 Å². The molecule has 6 heteroatoms. The first-order valence-electron chi connectivity index (χ1n) is 12.1. The number of nitrogens with zero attached hydrogens (tertiary/aromatic N) is 3. The van der Waals surface area contributed by atoms with E-state index in [1.54, 1.807) is 6.20 Å². The third-order valence-corrected chi connectivity index (χ3v) is 5.24. The predicted molar refractivity (Wildman–Crippen MR) is 144 cm³/mol. The smallest absolute Gasteiger partial charge is 0.223 e. The van der Waals surface area contributed by atoms with Gasteiger partial charge in [0.15, 0.2) is 5.78 Å². The molecule has 0 spiro atoms. The Morgan fingerprint density at radius 1 is 0.800 bits per heavy atom. The molecular formula is C29H33N5O. The standard InChI is InChI=1S/C19H21N5.C10H12O/c1-2-15-14-23-19(24-18(15)16-8-4-3-5-9-16)22-13-12-21-17-10-6-7-11-20-17;1-2-6-10(11)9-7-4-3-5-8-9/h3-11,14H,2,12-13H2,1H3,(H,20,21)(H,22,23,24);3-5,7-8H,2,6H2,1H3. The molecule has 4 rings (SSSR count). The number of Topliss-reactive ketones (excluding diaryl/α,β-unsaturated/α-hetero) is 1. The highest BCUT2D eigenvalue weighted by Crippen LogP contribution is 2.22. The maximum atomic E-state index is 11.2. The predicted octanol–water partition coefficient (Wildman–Crippen LogP) is 6.29. The number of benzene rings is 2. The number of hydrogen-bond acceptors (Lipinski definition) is 6. The molecule has 0 aliphatic heterocycles. The van der Waals surface area contributed by atoms with Crippen molar-refractivity contribution in [2.24, 2.45) is 0 Å². The van der Waals surface area contributed by atoms with E-state index in [-0.39, 0.29) is 5.78 Å². The molecule has 0 aliphatic carbocycles. The fourth-order valence-electron chi connectivity index (χ4n) is 3.42. The number of aryl methyl sites for hydroxylation is 1. The van der Waals surface area contributed by atoms with Gasteiger partial charge in [-0.3, -0.25) is 4.79 Å². The summed E-state index contributed by atoms with van der Waals surface area (Å²) in [6.07, 6.45) is 6.17. The Morgan fingerprint density at radius 2 is 1.49 bits per heavy atom. The van der Waals surface area contributed by atoms with E-state index in [0.717, 1.165) is 54.1 Å². The van der Waals surface area contributed by atoms with Gasteiger partial charge < -0.3 is 10.6 Å². The second kappa shape index (κ2) is 14.3. The molecule has 35 heavy (non-hydrogen) atoms. The Kier molecular flexibility index (Phi) is 10.4. The number of rotatable bonds is 10. The second-order valence-electron chi connectivity index (χ2n) is 7.89. The molecule has 0 saturated carbocycles. The van der Waals surface area contributed by atoms with Crippen molar-refractivity contribution in [1.82, 2.24) is 15.0 Å². The maximum absolute atomic E-state index is 11.2. The highest BCUT2D eigenvalue weighted by atomic mass is 16.1. The minimum atomic E-state index is 0.244. The van der Waals surface area contributed by atoms with Gasteiger partial charge in [-0.25, -0.2) is 15.0 Å². The van der Waals surface area contributed by atoms with Crippen LogP contribution in [0.4, 0.5) is 11.8 Å². The summed E-state index contributed by atoms with van der Waals surface area (Å²) < 4.78 is 0. The number of anilines is 2. The number of carbonyl (C=O) groups is 1. The third kappa shape index (κ3) is 8.34. The summed E-state index contributed by atoms with van der Waals surface area (Å²) in [7, 11) is 0. The Bertz CT molecular complexity index is 1150. The zero-order valence-electron chi connectivity index (χ0n) is 20.4. The summed E-state index contributed by atoms with van der Waals surface area (Å²) in [4.78, 5) is 24.6. The van der Waals surface area contributed by atoms with Gasteiger partial charge in [0.25, 0.3) is 0 Å². The van der Waals surface area contributed by atoms with Crippen molar-refractivity contribution in [3.8, 4) is 11.3 Å². The summed E-state index contributed by atoms with van der Waals surface area (Å²) in [5.74, 6) is 1.76. The van der Waals surface area contributed by atoms with Crippen LogP contribution < -0.4 is 10.6 Å². The number of pyridine rings is 1. The SMILES string of the molecule is CCCC(=O)c1ccccc1.CCc1cnc(NCCNc2ccccn2)nc1-c1ccccc1. The van der Waals surface area contributed by atoms with E-state index in [1.165, 1.54) is 0 Å². The third-order valence-electron chi connectivity index (χ3n) is 5.24. The van der Waals surface area contributed by atoms with Crippen LogP contribution in [0.25, 0.3) is 11.3 Å². The second-order valence-corrected chi connectivity index (χ2v) is 7.89. The normalized spacial score (nSPS) is 10.1. The number of ketones is 1. The monoisotopic (exact) mass is 467 g/mol. The van der Waals surface area contributed by atoms with Crippen molar-refractivity contribution >= 4 is 17.5 Å². The van der Waals surface area contributed by atoms with Gasteiger partial charge in [-0.05, 0) is 30.5 Å². The Hall–Kier alpha value is -4.06. The van der Waals surface area contributed by atoms with Crippen molar-refractivity contribution in [2.75, 3.05) is 23.7 Å². The molecule has 0 atom stereocenters. The lowest BCUT2D eigenvalue weighted by Crippen LogP contribution is -2.16. The topological polar surface area (TPSA) is 79.8 Å². The number of nitrogens with one attached hydrogen (secondary N) is 2. The maximum Gasteiger partial charge on any atom is 0.223 e. The molecule has 2 N–H and O–H groups in total. The van der Waals surface area contributed by atoms with Gasteiger partial charge in [-0.2, -0.15) is 0 Å². The lowest BCUT2D eigenvalue weighted by atomic mass is 10.1. The van der Waals surface area contributed by atoms with Crippen LogP contribution in [0.1, 0.15) is 42.6 Å². The summed E-state index contributed by atoms with van der Waals surface area (Å²) in [6, 6.07) is 25.5. The number of hydrogen-bond donors (Lipinski definition) is 2. The van der Waals surface area contributed by atoms with Gasteiger partial charge in [0.1, 0.15) is 5.82 Å². The van der Waals surface area contributed by atoms with Crippen molar-refractivity contribution in [3.63, 3.8) is 0 Å². The molecular weight excluding hydrogens is 434 g/mol. The van der Waals surface area contributed by atoms with Crippen molar-refractivity contribution in [3.05, 3.63) is 102 Å². The average molecular weight is 468 g/mol. The van der Waals surface area contributed by atoms with E-state index >= 15 is 0 Å². The van der Waals surface area contributed by atoms with E-state index < -0.39 is 0 Å². The van der Waals surface area contributed by atoms with Crippen LogP contribution in [-0.4, -0.2) is 33.8 Å². The van der Waals surface area contributed by atoms with Crippen LogP contribution in [0.3, 0.4) is 0 Å². The number of aromatic nitrogens is 3. The zero-order valence-corrected chi connectivity index (χ0v) is 20.4. The Morgan fingerprint density at radius 3 is 2.14 bits per heavy atom. The van der Waals surface area contributed by atoms with Gasteiger partial charge in [0, 0.05) is 43.0 Å². The van der Waals surface area contributed by atoms with Crippen molar-refractivity contribution in [2.45, 2.75) is 33.1 Å². The highest BCUT2D eigenvalue weighted by molar-refractivity contribution is 5.95. The van der Waals surface area contributed by atoms with Gasteiger partial charge >= 0.3 is 0 Å². The van der Waals surface area contributed by atoms with Gasteiger partial charge in [-0.1, -0.05) is 80.6 Å². The molecule has 4 aromatic rings. The molecule has 2 aromatic heterocycles. The van der Waals surface area contributed by atoms with Crippen molar-refractivity contribution in [1.29, 1.82) is 0 Å². The molecule has 0 fully saturated rings. The molecule has 2 aromatic carbocycles. The molecule has 6 nitrogen and oxygen atoms in total. The molecule has 0 radical (unpaired) electrons. The van der Waals surface area contributed by atoms with Crippen LogP contribution in [0, 0.1) is 0 Å². The molecule has 2 heterocycles. The Labute approximate surface area is 207 Å². The Balaban J connectivity index is 0.000000261. The van der Waals surface area contributed by atoms with Crippen LogP contribution in [0.5, 0.6) is 0 Å². The fourth-order valence-corrected chi connectivity index (χ4v) is 3.42. The van der Waals surface area contributed by atoms with Crippen LogP contribution >= 0.6 is 0 Å². The van der Waals surface area contributed by atoms with E-state index in [4.69, 9.17) is 4.98 Å². The van der Waals surface area contributed by atoms with Gasteiger partial charge in [-0.15, -0.1) is 0 Å². The van der Waals surface area contributed by atoms with Crippen LogP contribution in [0.2, 0.25) is 0 Å². The fraction of sp³-hybridized carbons (Fsp3) is 0.241. The quantitative estimate of drug-likeness (QED) is 0.211. The molecule has 0 amide bonds. The molecule has 180 valence electrons. The van der Waals surface area contributed by atoms with E-state index in [1.807, 2.05) is 79.9 Å². The first-order chi connectivity index (χ1) is 17.2. The molecule has 0 unspecified atom stereocenters. The summed E-state index contributed by atoms with van der Waals surface area (Å²) in [5, 5.41) is 6.52. The molecule has 0 bridgehead atoms. The zero-order chi connectivity index (χ0) is 24.7. The largest absolute Gasteiger partial charge is 0.368 e. The van der Waals surface area contributed by atoms with E-state index in [2.05, 4.69) is 39.7 Å². The first kappa shape index (κ1) is 25.6. The van der Waals surface area contributed by atoms with Gasteiger partial charge in [0.2, 0.25) is 5.95 Å². The lowest BCUT2D eigenvalue weighted by molar-refractivity contribution is 0.0981. The first-order valence-corrected chi connectivity index (χ1v) is 12.1. The molecule has 0 saturated heterocycles. The van der Waals surface area contributed by atoms with Crippen LogP contribution in [-0.2, 0) is 6.42 Å². The number of carbonyl (C=O) groups excluding carboxylic acids is 1. The summed E-state index contributed by atoms with van der Waals surface area (Å²) in [6.45, 7) is 5.60.